The molecule has 0 atom stereocenters. The lowest BCUT2D eigenvalue weighted by Gasteiger charge is -2.05. The fourth-order valence-electron chi connectivity index (χ4n) is 3.21. The normalized spacial score (nSPS) is 11.8. The van der Waals surface area contributed by atoms with Crippen LogP contribution in [0.5, 0.6) is 0 Å². The van der Waals surface area contributed by atoms with Crippen molar-refractivity contribution in [1.29, 1.82) is 0 Å². The minimum absolute atomic E-state index is 0.000283. The molecule has 0 bridgehead atoms. The maximum absolute atomic E-state index is 11.1. The Bertz CT molecular complexity index is 552. The van der Waals surface area contributed by atoms with Crippen LogP contribution in [0.4, 0.5) is 0 Å². The molecule has 1 rings (SSSR count). The summed E-state index contributed by atoms with van der Waals surface area (Å²) >= 11 is 0. The van der Waals surface area contributed by atoms with Crippen LogP contribution in [0.3, 0.4) is 0 Å². The van der Waals surface area contributed by atoms with Crippen molar-refractivity contribution in [3.05, 3.63) is 29.8 Å². The van der Waals surface area contributed by atoms with Crippen molar-refractivity contribution >= 4 is 10.1 Å². The maximum atomic E-state index is 11.1. The van der Waals surface area contributed by atoms with Gasteiger partial charge in [0.25, 0.3) is 10.1 Å². The molecule has 0 fully saturated rings. The van der Waals surface area contributed by atoms with E-state index in [0.29, 0.717) is 0 Å². The molecule has 25 heavy (non-hydrogen) atoms. The zero-order valence-corrected chi connectivity index (χ0v) is 16.7. The van der Waals surface area contributed by atoms with E-state index in [2.05, 4.69) is 6.92 Å². The lowest BCUT2D eigenvalue weighted by molar-refractivity contribution is 0.483. The van der Waals surface area contributed by atoms with Gasteiger partial charge in [0.15, 0.2) is 0 Å². The summed E-state index contributed by atoms with van der Waals surface area (Å²) in [5.41, 5.74) is 0.984. The molecule has 0 amide bonds. The molecule has 1 aromatic carbocycles. The molecule has 0 saturated carbocycles. The van der Waals surface area contributed by atoms with Crippen LogP contribution < -0.4 is 0 Å². The fraction of sp³-hybridized carbons (Fsp3) is 0.714. The van der Waals surface area contributed by atoms with Crippen molar-refractivity contribution < 1.29 is 13.0 Å². The SMILES string of the molecule is CCCCCCCCCCCCCCCc1cccc(S(=O)(=O)O)c1. The first-order chi connectivity index (χ1) is 12.0. The standard InChI is InChI=1S/C21H36O3S/c1-2-3-4-5-6-7-8-9-10-11-12-13-14-16-20-17-15-18-21(19-20)25(22,23)24/h15,17-19H,2-14,16H2,1H3,(H,22,23,24). The highest BCUT2D eigenvalue weighted by atomic mass is 32.2. The second-order valence-electron chi connectivity index (χ2n) is 7.12. The van der Waals surface area contributed by atoms with E-state index in [1.54, 1.807) is 12.1 Å². The predicted molar refractivity (Wildman–Crippen MR) is 106 cm³/mol. The fourth-order valence-corrected chi connectivity index (χ4v) is 3.76. The van der Waals surface area contributed by atoms with E-state index in [1.165, 1.54) is 83.1 Å². The summed E-state index contributed by atoms with van der Waals surface area (Å²) in [7, 11) is -4.08. The predicted octanol–water partition coefficient (Wildman–Crippen LogP) is 6.57. The van der Waals surface area contributed by atoms with Crippen LogP contribution in [0.15, 0.2) is 29.2 Å². The van der Waals surface area contributed by atoms with Gasteiger partial charge < -0.3 is 0 Å². The highest BCUT2D eigenvalue weighted by Gasteiger charge is 2.09. The van der Waals surface area contributed by atoms with Crippen molar-refractivity contribution in [1.82, 2.24) is 0 Å². The second-order valence-corrected chi connectivity index (χ2v) is 8.54. The molecule has 4 heteroatoms. The zero-order chi connectivity index (χ0) is 18.4. The Morgan fingerprint density at radius 3 is 1.72 bits per heavy atom. The summed E-state index contributed by atoms with van der Waals surface area (Å²) in [6.45, 7) is 2.26. The van der Waals surface area contributed by atoms with E-state index in [1.807, 2.05) is 6.07 Å². The van der Waals surface area contributed by atoms with Crippen molar-refractivity contribution in [3.8, 4) is 0 Å². The van der Waals surface area contributed by atoms with Gasteiger partial charge in [-0.3, -0.25) is 4.55 Å². The highest BCUT2D eigenvalue weighted by molar-refractivity contribution is 7.85. The number of aryl methyl sites for hydroxylation is 1. The molecule has 0 aliphatic rings. The zero-order valence-electron chi connectivity index (χ0n) is 15.9. The Morgan fingerprint density at radius 2 is 1.24 bits per heavy atom. The van der Waals surface area contributed by atoms with E-state index in [4.69, 9.17) is 4.55 Å². The molecule has 3 nitrogen and oxygen atoms in total. The number of hydrogen-bond donors (Lipinski definition) is 1. The van der Waals surface area contributed by atoms with E-state index in [-0.39, 0.29) is 4.90 Å². The number of hydrogen-bond acceptors (Lipinski definition) is 2. The van der Waals surface area contributed by atoms with Crippen LogP contribution in [-0.2, 0) is 16.5 Å². The molecule has 0 aliphatic carbocycles. The summed E-state index contributed by atoms with van der Waals surface area (Å²) in [5.74, 6) is 0. The smallest absolute Gasteiger partial charge is 0.282 e. The quantitative estimate of drug-likeness (QED) is 0.281. The second kappa shape index (κ2) is 13.3. The summed E-state index contributed by atoms with van der Waals surface area (Å²) in [6.07, 6.45) is 18.1. The molecule has 0 saturated heterocycles. The molecular weight excluding hydrogens is 332 g/mol. The maximum Gasteiger partial charge on any atom is 0.294 e. The van der Waals surface area contributed by atoms with Gasteiger partial charge in [-0.25, -0.2) is 0 Å². The van der Waals surface area contributed by atoms with E-state index < -0.39 is 10.1 Å². The Balaban J connectivity index is 1.97. The van der Waals surface area contributed by atoms with Crippen molar-refractivity contribution in [2.45, 2.75) is 102 Å². The Hall–Kier alpha value is -0.870. The summed E-state index contributed by atoms with van der Waals surface area (Å²) in [5, 5.41) is 0. The first-order valence-corrected chi connectivity index (χ1v) is 11.5. The van der Waals surface area contributed by atoms with Gasteiger partial charge in [0.05, 0.1) is 4.90 Å². The van der Waals surface area contributed by atoms with Crippen LogP contribution in [0.1, 0.15) is 96.0 Å². The van der Waals surface area contributed by atoms with Gasteiger partial charge >= 0.3 is 0 Å². The summed E-state index contributed by atoms with van der Waals surface area (Å²) in [4.78, 5) is -0.000283. The molecule has 0 spiro atoms. The summed E-state index contributed by atoms with van der Waals surface area (Å²) < 4.78 is 31.3. The van der Waals surface area contributed by atoms with Crippen LogP contribution in [-0.4, -0.2) is 13.0 Å². The molecule has 0 aromatic heterocycles. The van der Waals surface area contributed by atoms with Gasteiger partial charge in [0.2, 0.25) is 0 Å². The average molecular weight is 369 g/mol. The molecule has 1 N–H and O–H groups in total. The minimum atomic E-state index is -4.08. The van der Waals surface area contributed by atoms with Crippen LogP contribution >= 0.6 is 0 Å². The van der Waals surface area contributed by atoms with Crippen molar-refractivity contribution in [3.63, 3.8) is 0 Å². The molecule has 144 valence electrons. The highest BCUT2D eigenvalue weighted by Crippen LogP contribution is 2.15. The van der Waals surface area contributed by atoms with E-state index in [0.717, 1.165) is 18.4 Å². The topological polar surface area (TPSA) is 54.4 Å². The van der Waals surface area contributed by atoms with Gasteiger partial charge in [-0.15, -0.1) is 0 Å². The van der Waals surface area contributed by atoms with Gasteiger partial charge in [-0.05, 0) is 30.5 Å². The first-order valence-electron chi connectivity index (χ1n) is 10.1. The number of benzene rings is 1. The Kier molecular flexibility index (Phi) is 11.8. The van der Waals surface area contributed by atoms with Gasteiger partial charge in [0.1, 0.15) is 0 Å². The Morgan fingerprint density at radius 1 is 0.760 bits per heavy atom. The van der Waals surface area contributed by atoms with Gasteiger partial charge in [0, 0.05) is 0 Å². The van der Waals surface area contributed by atoms with Crippen molar-refractivity contribution in [2.75, 3.05) is 0 Å². The van der Waals surface area contributed by atoms with Crippen molar-refractivity contribution in [2.24, 2.45) is 0 Å². The summed E-state index contributed by atoms with van der Waals surface area (Å²) in [6, 6.07) is 6.63. The largest absolute Gasteiger partial charge is 0.294 e. The lowest BCUT2D eigenvalue weighted by Crippen LogP contribution is -1.98. The molecule has 0 radical (unpaired) electrons. The van der Waals surface area contributed by atoms with Gasteiger partial charge in [-0.2, -0.15) is 8.42 Å². The van der Waals surface area contributed by atoms with Crippen LogP contribution in [0.2, 0.25) is 0 Å². The van der Waals surface area contributed by atoms with Crippen LogP contribution in [0.25, 0.3) is 0 Å². The third-order valence-electron chi connectivity index (χ3n) is 4.77. The molecule has 0 heterocycles. The molecule has 0 aliphatic heterocycles. The lowest BCUT2D eigenvalue weighted by atomic mass is 10.0. The van der Waals surface area contributed by atoms with Crippen LogP contribution in [0, 0.1) is 0 Å². The molecular formula is C21H36O3S. The Labute approximate surface area is 155 Å². The minimum Gasteiger partial charge on any atom is -0.282 e. The van der Waals surface area contributed by atoms with Gasteiger partial charge in [-0.1, -0.05) is 96.1 Å². The van der Waals surface area contributed by atoms with E-state index >= 15 is 0 Å². The third-order valence-corrected chi connectivity index (χ3v) is 5.61. The monoisotopic (exact) mass is 368 g/mol. The van der Waals surface area contributed by atoms with E-state index in [9.17, 15) is 8.42 Å². The first kappa shape index (κ1) is 22.2. The average Bonchev–Trinajstić information content (AvgIpc) is 2.58. The molecule has 1 aromatic rings. The number of unbranched alkanes of at least 4 members (excludes halogenated alkanes) is 12. The third kappa shape index (κ3) is 11.4. The molecule has 0 unspecified atom stereocenters. The number of rotatable bonds is 15.